The minimum Gasteiger partial charge on any atom is -0.375 e. The Kier molecular flexibility index (Phi) is 5.14. The van der Waals surface area contributed by atoms with E-state index in [2.05, 4.69) is 44.8 Å². The molecule has 0 bridgehead atoms. The van der Waals surface area contributed by atoms with Crippen molar-refractivity contribution < 1.29 is 4.74 Å². The molecule has 2 rings (SSSR count). The van der Waals surface area contributed by atoms with E-state index >= 15 is 0 Å². The molecular weight excluding hydrogens is 248 g/mol. The summed E-state index contributed by atoms with van der Waals surface area (Å²) < 4.78 is 5.94. The van der Waals surface area contributed by atoms with Crippen molar-refractivity contribution in [2.75, 3.05) is 26.2 Å². The molecule has 3 heteroatoms. The third-order valence-electron chi connectivity index (χ3n) is 5.08. The molecule has 1 aliphatic carbocycles. The number of rotatable bonds is 5. The Morgan fingerprint density at radius 2 is 1.95 bits per heavy atom. The molecule has 2 fully saturated rings. The number of nitrogens with zero attached hydrogens (tertiary/aromatic N) is 1. The molecule has 1 saturated heterocycles. The third kappa shape index (κ3) is 4.19. The van der Waals surface area contributed by atoms with E-state index in [1.165, 1.54) is 32.2 Å². The molecule has 3 nitrogen and oxygen atoms in total. The average molecular weight is 282 g/mol. The monoisotopic (exact) mass is 282 g/mol. The lowest BCUT2D eigenvalue weighted by molar-refractivity contribution is -0.0678. The zero-order valence-corrected chi connectivity index (χ0v) is 14.2. The number of ether oxygens (including phenoxy) is 1. The summed E-state index contributed by atoms with van der Waals surface area (Å²) in [4.78, 5) is 2.72. The highest BCUT2D eigenvalue weighted by Gasteiger charge is 2.38. The van der Waals surface area contributed by atoms with E-state index in [1.807, 2.05) is 0 Å². The van der Waals surface area contributed by atoms with Crippen molar-refractivity contribution in [1.82, 2.24) is 10.2 Å². The predicted molar refractivity (Wildman–Crippen MR) is 85.1 cm³/mol. The molecule has 0 radical (unpaired) electrons. The van der Waals surface area contributed by atoms with Gasteiger partial charge in [-0.1, -0.05) is 13.8 Å². The second-order valence-electron chi connectivity index (χ2n) is 8.15. The summed E-state index contributed by atoms with van der Waals surface area (Å²) in [5.41, 5.74) is 0.565. The van der Waals surface area contributed by atoms with Crippen molar-refractivity contribution in [2.24, 2.45) is 5.41 Å². The molecule has 0 spiro atoms. The van der Waals surface area contributed by atoms with Crippen LogP contribution in [0.3, 0.4) is 0 Å². The van der Waals surface area contributed by atoms with Crippen LogP contribution in [0.25, 0.3) is 0 Å². The predicted octanol–water partition coefficient (Wildman–Crippen LogP) is 3.04. The van der Waals surface area contributed by atoms with Gasteiger partial charge in [-0.3, -0.25) is 4.90 Å². The summed E-state index contributed by atoms with van der Waals surface area (Å²) in [6.45, 7) is 15.9. The van der Waals surface area contributed by atoms with E-state index in [0.29, 0.717) is 17.6 Å². The van der Waals surface area contributed by atoms with Gasteiger partial charge in [-0.15, -0.1) is 0 Å². The van der Waals surface area contributed by atoms with Gasteiger partial charge in [-0.25, -0.2) is 0 Å². The van der Waals surface area contributed by atoms with Gasteiger partial charge in [0.05, 0.1) is 12.7 Å². The summed E-state index contributed by atoms with van der Waals surface area (Å²) in [6, 6.07) is 0.685. The van der Waals surface area contributed by atoms with Gasteiger partial charge in [0.2, 0.25) is 0 Å². The Hall–Kier alpha value is -0.120. The van der Waals surface area contributed by atoms with Gasteiger partial charge >= 0.3 is 0 Å². The first kappa shape index (κ1) is 16.3. The first-order valence-corrected chi connectivity index (χ1v) is 8.44. The molecule has 3 atom stereocenters. The SMILES string of the molecule is CCC(C)(CNC(C)(C)C)CN1CCOC2CCCC21. The summed E-state index contributed by atoms with van der Waals surface area (Å²) >= 11 is 0. The highest BCUT2D eigenvalue weighted by atomic mass is 16.5. The number of nitrogens with one attached hydrogen (secondary N) is 1. The Morgan fingerprint density at radius 1 is 1.20 bits per heavy atom. The first-order chi connectivity index (χ1) is 9.33. The van der Waals surface area contributed by atoms with E-state index in [0.717, 1.165) is 19.7 Å². The van der Waals surface area contributed by atoms with Gasteiger partial charge in [0.1, 0.15) is 0 Å². The van der Waals surface area contributed by atoms with E-state index in [9.17, 15) is 0 Å². The maximum atomic E-state index is 5.94. The van der Waals surface area contributed by atoms with Gasteiger partial charge < -0.3 is 10.1 Å². The van der Waals surface area contributed by atoms with Crippen LogP contribution in [0.5, 0.6) is 0 Å². The van der Waals surface area contributed by atoms with E-state index in [-0.39, 0.29) is 5.54 Å². The summed E-state index contributed by atoms with van der Waals surface area (Å²) in [5, 5.41) is 3.70. The van der Waals surface area contributed by atoms with Crippen molar-refractivity contribution in [1.29, 1.82) is 0 Å². The second-order valence-corrected chi connectivity index (χ2v) is 8.15. The van der Waals surface area contributed by atoms with Crippen LogP contribution in [0.15, 0.2) is 0 Å². The molecular formula is C17H34N2O. The largest absolute Gasteiger partial charge is 0.375 e. The van der Waals surface area contributed by atoms with E-state index < -0.39 is 0 Å². The van der Waals surface area contributed by atoms with Crippen LogP contribution >= 0.6 is 0 Å². The molecule has 0 amide bonds. The standard InChI is InChI=1S/C17H34N2O/c1-6-17(5,12-18-16(2,3)4)13-19-10-11-20-15-9-7-8-14(15)19/h14-15,18H,6-13H2,1-5H3. The molecule has 1 aliphatic heterocycles. The van der Waals surface area contributed by atoms with E-state index in [4.69, 9.17) is 4.74 Å². The topological polar surface area (TPSA) is 24.5 Å². The summed E-state index contributed by atoms with van der Waals surface area (Å²) in [7, 11) is 0. The smallest absolute Gasteiger partial charge is 0.0730 e. The second kappa shape index (κ2) is 6.33. The lowest BCUT2D eigenvalue weighted by Crippen LogP contribution is -2.54. The number of hydrogen-bond donors (Lipinski definition) is 1. The molecule has 3 unspecified atom stereocenters. The van der Waals surface area contributed by atoms with E-state index in [1.54, 1.807) is 0 Å². The van der Waals surface area contributed by atoms with Gasteiger partial charge in [0.15, 0.2) is 0 Å². The molecule has 0 aromatic heterocycles. The van der Waals surface area contributed by atoms with Gasteiger partial charge in [-0.05, 0) is 51.9 Å². The van der Waals surface area contributed by atoms with Crippen LogP contribution in [0.4, 0.5) is 0 Å². The van der Waals surface area contributed by atoms with Crippen molar-refractivity contribution in [3.05, 3.63) is 0 Å². The average Bonchev–Trinajstić information content (AvgIpc) is 2.85. The Balaban J connectivity index is 1.94. The van der Waals surface area contributed by atoms with Gasteiger partial charge in [-0.2, -0.15) is 0 Å². The zero-order chi connectivity index (χ0) is 14.8. The van der Waals surface area contributed by atoms with Crippen LogP contribution < -0.4 is 5.32 Å². The fourth-order valence-electron chi connectivity index (χ4n) is 3.46. The number of hydrogen-bond acceptors (Lipinski definition) is 3. The summed E-state index contributed by atoms with van der Waals surface area (Å²) in [5.74, 6) is 0. The third-order valence-corrected chi connectivity index (χ3v) is 5.08. The highest BCUT2D eigenvalue weighted by Crippen LogP contribution is 2.33. The van der Waals surface area contributed by atoms with Crippen molar-refractivity contribution in [3.8, 4) is 0 Å². The molecule has 1 N–H and O–H groups in total. The fraction of sp³-hybridized carbons (Fsp3) is 1.00. The van der Waals surface area contributed by atoms with Crippen molar-refractivity contribution in [2.45, 2.75) is 78.0 Å². The van der Waals surface area contributed by atoms with Gasteiger partial charge in [0, 0.05) is 31.2 Å². The maximum Gasteiger partial charge on any atom is 0.0730 e. The van der Waals surface area contributed by atoms with Crippen molar-refractivity contribution >= 4 is 0 Å². The quantitative estimate of drug-likeness (QED) is 0.839. The maximum absolute atomic E-state index is 5.94. The normalized spacial score (nSPS) is 31.1. The molecule has 2 aliphatic rings. The van der Waals surface area contributed by atoms with Crippen LogP contribution in [0.2, 0.25) is 0 Å². The Bertz CT molecular complexity index is 313. The number of morpholine rings is 1. The molecule has 1 saturated carbocycles. The molecule has 20 heavy (non-hydrogen) atoms. The molecule has 0 aromatic carbocycles. The van der Waals surface area contributed by atoms with Crippen LogP contribution in [0.1, 0.15) is 60.3 Å². The highest BCUT2D eigenvalue weighted by molar-refractivity contribution is 4.93. The van der Waals surface area contributed by atoms with Crippen LogP contribution in [-0.4, -0.2) is 48.8 Å². The Labute approximate surface area is 125 Å². The molecule has 0 aromatic rings. The first-order valence-electron chi connectivity index (χ1n) is 8.44. The zero-order valence-electron chi connectivity index (χ0n) is 14.2. The lowest BCUT2D eigenvalue weighted by Gasteiger charge is -2.43. The number of fused-ring (bicyclic) bond motifs is 1. The minimum absolute atomic E-state index is 0.206. The van der Waals surface area contributed by atoms with Crippen LogP contribution in [0, 0.1) is 5.41 Å². The fourth-order valence-corrected chi connectivity index (χ4v) is 3.46. The molecule has 118 valence electrons. The Morgan fingerprint density at radius 3 is 2.60 bits per heavy atom. The van der Waals surface area contributed by atoms with Gasteiger partial charge in [0.25, 0.3) is 0 Å². The minimum atomic E-state index is 0.206. The van der Waals surface area contributed by atoms with Crippen LogP contribution in [-0.2, 0) is 4.74 Å². The van der Waals surface area contributed by atoms with Crippen molar-refractivity contribution in [3.63, 3.8) is 0 Å². The molecule has 1 heterocycles. The summed E-state index contributed by atoms with van der Waals surface area (Å²) in [6.07, 6.45) is 5.68. The lowest BCUT2D eigenvalue weighted by atomic mass is 9.85.